The molecule has 6 heteroatoms. The molecule has 3 N–H and O–H groups in total. The quantitative estimate of drug-likeness (QED) is 0.671. The van der Waals surface area contributed by atoms with Gasteiger partial charge in [-0.3, -0.25) is 11.3 Å². The second-order valence-corrected chi connectivity index (χ2v) is 4.79. The van der Waals surface area contributed by atoms with Crippen LogP contribution in [0.15, 0.2) is 41.1 Å². The smallest absolute Gasteiger partial charge is 0.124 e. The molecule has 1 atom stereocenters. The number of nitrogens with zero attached hydrogens (tertiary/aromatic N) is 2. The molecule has 4 nitrogen and oxygen atoms in total. The molecule has 0 fully saturated rings. The highest BCUT2D eigenvalue weighted by atomic mass is 79.9. The predicted octanol–water partition coefficient (Wildman–Crippen LogP) is 2.13. The number of rotatable bonds is 4. The maximum Gasteiger partial charge on any atom is 0.124 e. The molecule has 0 radical (unpaired) electrons. The molecule has 1 unspecified atom stereocenters. The van der Waals surface area contributed by atoms with Crippen LogP contribution < -0.4 is 11.3 Å². The third kappa shape index (κ3) is 3.32. The van der Waals surface area contributed by atoms with Crippen molar-refractivity contribution in [3.8, 4) is 0 Å². The number of benzene rings is 1. The van der Waals surface area contributed by atoms with Crippen LogP contribution in [0, 0.1) is 5.82 Å². The van der Waals surface area contributed by atoms with Crippen LogP contribution in [0.5, 0.6) is 0 Å². The summed E-state index contributed by atoms with van der Waals surface area (Å²) in [7, 11) is 0. The fraction of sp³-hybridized carbons (Fsp3) is 0.167. The number of hydrogen-bond donors (Lipinski definition) is 2. The number of nitrogens with two attached hydrogens (primary N) is 1. The first-order chi connectivity index (χ1) is 8.69. The minimum Gasteiger partial charge on any atom is -0.271 e. The second-order valence-electron chi connectivity index (χ2n) is 3.88. The Labute approximate surface area is 113 Å². The third-order valence-corrected chi connectivity index (χ3v) is 3.03. The lowest BCUT2D eigenvalue weighted by Crippen LogP contribution is -2.29. The minimum atomic E-state index is -0.275. The Kier molecular flexibility index (Phi) is 4.35. The molecule has 0 saturated carbocycles. The Balaban J connectivity index is 2.20. The van der Waals surface area contributed by atoms with Gasteiger partial charge in [0.2, 0.25) is 0 Å². The summed E-state index contributed by atoms with van der Waals surface area (Å²) in [5, 5.41) is 7.51. The molecular weight excluding hydrogens is 299 g/mol. The third-order valence-electron chi connectivity index (χ3n) is 2.57. The van der Waals surface area contributed by atoms with Crippen LogP contribution >= 0.6 is 15.9 Å². The van der Waals surface area contributed by atoms with Gasteiger partial charge in [-0.1, -0.05) is 15.9 Å². The van der Waals surface area contributed by atoms with Gasteiger partial charge < -0.3 is 0 Å². The van der Waals surface area contributed by atoms with E-state index in [1.807, 2.05) is 12.1 Å². The Bertz CT molecular complexity index is 500. The van der Waals surface area contributed by atoms with Gasteiger partial charge in [-0.15, -0.1) is 0 Å². The first-order valence-corrected chi connectivity index (χ1v) is 6.16. The second kappa shape index (κ2) is 5.99. The van der Waals surface area contributed by atoms with Crippen LogP contribution in [0.4, 0.5) is 4.39 Å². The monoisotopic (exact) mass is 310 g/mol. The fourth-order valence-corrected chi connectivity index (χ4v) is 2.26. The predicted molar refractivity (Wildman–Crippen MR) is 69.9 cm³/mol. The molecule has 0 saturated heterocycles. The highest BCUT2D eigenvalue weighted by Gasteiger charge is 2.11. The van der Waals surface area contributed by atoms with Gasteiger partial charge in [0.1, 0.15) is 5.82 Å². The molecule has 94 valence electrons. The van der Waals surface area contributed by atoms with Gasteiger partial charge in [-0.25, -0.2) is 4.39 Å². The molecule has 1 aromatic carbocycles. The zero-order valence-corrected chi connectivity index (χ0v) is 11.1. The van der Waals surface area contributed by atoms with Crippen LogP contribution in [0.3, 0.4) is 0 Å². The van der Waals surface area contributed by atoms with Crippen LogP contribution in [0.25, 0.3) is 0 Å². The van der Waals surface area contributed by atoms with Crippen LogP contribution in [0.2, 0.25) is 0 Å². The Hall–Kier alpha value is -1.37. The number of hydrogen-bond acceptors (Lipinski definition) is 4. The number of hydrazine groups is 1. The first-order valence-electron chi connectivity index (χ1n) is 5.36. The van der Waals surface area contributed by atoms with Crippen molar-refractivity contribution in [3.63, 3.8) is 0 Å². The summed E-state index contributed by atoms with van der Waals surface area (Å²) in [6.07, 6.45) is 3.80. The average molecular weight is 311 g/mol. The number of aromatic nitrogens is 2. The number of nitrogens with one attached hydrogen (secondary N) is 1. The van der Waals surface area contributed by atoms with Gasteiger partial charge in [0.05, 0.1) is 12.2 Å². The first kappa shape index (κ1) is 13.1. The van der Waals surface area contributed by atoms with Gasteiger partial charge in [-0.05, 0) is 41.8 Å². The molecule has 0 aliphatic heterocycles. The largest absolute Gasteiger partial charge is 0.271 e. The molecule has 0 bridgehead atoms. The van der Waals surface area contributed by atoms with Gasteiger partial charge in [0.15, 0.2) is 0 Å². The van der Waals surface area contributed by atoms with Crippen LogP contribution in [-0.2, 0) is 6.42 Å². The van der Waals surface area contributed by atoms with E-state index in [0.717, 1.165) is 11.1 Å². The van der Waals surface area contributed by atoms with E-state index >= 15 is 0 Å². The molecular formula is C12H12BrFN4. The topological polar surface area (TPSA) is 63.8 Å². The highest BCUT2D eigenvalue weighted by molar-refractivity contribution is 9.10. The van der Waals surface area contributed by atoms with E-state index in [1.165, 1.54) is 12.1 Å². The van der Waals surface area contributed by atoms with Crippen molar-refractivity contribution in [3.05, 3.63) is 58.1 Å². The van der Waals surface area contributed by atoms with Crippen molar-refractivity contribution in [2.45, 2.75) is 12.5 Å². The van der Waals surface area contributed by atoms with E-state index < -0.39 is 0 Å². The summed E-state index contributed by atoms with van der Waals surface area (Å²) < 4.78 is 14.0. The lowest BCUT2D eigenvalue weighted by atomic mass is 10.0. The average Bonchev–Trinajstić information content (AvgIpc) is 2.36. The van der Waals surface area contributed by atoms with Crippen molar-refractivity contribution in [1.82, 2.24) is 15.6 Å². The fourth-order valence-electron chi connectivity index (χ4n) is 1.74. The lowest BCUT2D eigenvalue weighted by Gasteiger charge is -2.15. The van der Waals surface area contributed by atoms with Crippen molar-refractivity contribution in [1.29, 1.82) is 0 Å². The molecule has 2 rings (SSSR count). The molecule has 0 aliphatic rings. The lowest BCUT2D eigenvalue weighted by molar-refractivity contribution is 0.545. The summed E-state index contributed by atoms with van der Waals surface area (Å²) in [6.45, 7) is 0. The maximum absolute atomic E-state index is 13.3. The van der Waals surface area contributed by atoms with E-state index in [9.17, 15) is 4.39 Å². The van der Waals surface area contributed by atoms with Gasteiger partial charge in [0, 0.05) is 10.7 Å². The summed E-state index contributed by atoms with van der Waals surface area (Å²) >= 11 is 3.27. The molecule has 2 aromatic rings. The van der Waals surface area contributed by atoms with Crippen molar-refractivity contribution < 1.29 is 4.39 Å². The van der Waals surface area contributed by atoms with E-state index in [4.69, 9.17) is 5.84 Å². The molecule has 0 aliphatic carbocycles. The summed E-state index contributed by atoms with van der Waals surface area (Å²) in [4.78, 5) is 0. The molecule has 0 amide bonds. The standard InChI is InChI=1S/C12H12BrFN4/c13-10-3-8(4-11(14)6-10)5-12(18-15)9-1-2-16-17-7-9/h1-4,6-7,12,18H,5,15H2. The zero-order valence-electron chi connectivity index (χ0n) is 9.48. The van der Waals surface area contributed by atoms with E-state index in [2.05, 4.69) is 31.6 Å². The van der Waals surface area contributed by atoms with Gasteiger partial charge in [0.25, 0.3) is 0 Å². The molecule has 0 spiro atoms. The normalized spacial score (nSPS) is 12.4. The molecule has 1 aromatic heterocycles. The van der Waals surface area contributed by atoms with Crippen molar-refractivity contribution in [2.24, 2.45) is 5.84 Å². The maximum atomic E-state index is 13.3. The zero-order chi connectivity index (χ0) is 13.0. The Morgan fingerprint density at radius 1 is 1.33 bits per heavy atom. The van der Waals surface area contributed by atoms with Crippen LogP contribution in [0.1, 0.15) is 17.2 Å². The van der Waals surface area contributed by atoms with Crippen LogP contribution in [-0.4, -0.2) is 10.2 Å². The SMILES string of the molecule is NNC(Cc1cc(F)cc(Br)c1)c1ccnnc1. The molecule has 1 heterocycles. The highest BCUT2D eigenvalue weighted by Crippen LogP contribution is 2.20. The van der Waals surface area contributed by atoms with Gasteiger partial charge >= 0.3 is 0 Å². The van der Waals surface area contributed by atoms with Crippen molar-refractivity contribution in [2.75, 3.05) is 0 Å². The van der Waals surface area contributed by atoms with E-state index in [-0.39, 0.29) is 11.9 Å². The minimum absolute atomic E-state index is 0.130. The number of halogens is 2. The summed E-state index contributed by atoms with van der Waals surface area (Å²) in [5.74, 6) is 5.25. The van der Waals surface area contributed by atoms with Gasteiger partial charge in [-0.2, -0.15) is 10.2 Å². The van der Waals surface area contributed by atoms with E-state index in [1.54, 1.807) is 12.4 Å². The molecule has 18 heavy (non-hydrogen) atoms. The Morgan fingerprint density at radius 3 is 2.78 bits per heavy atom. The van der Waals surface area contributed by atoms with E-state index in [0.29, 0.717) is 10.9 Å². The Morgan fingerprint density at radius 2 is 2.17 bits per heavy atom. The summed E-state index contributed by atoms with van der Waals surface area (Å²) in [5.41, 5.74) is 4.46. The summed E-state index contributed by atoms with van der Waals surface area (Å²) in [6, 6.07) is 6.47. The van der Waals surface area contributed by atoms with Crippen molar-refractivity contribution >= 4 is 15.9 Å².